The van der Waals surface area contributed by atoms with E-state index in [9.17, 15) is 4.79 Å². The summed E-state index contributed by atoms with van der Waals surface area (Å²) < 4.78 is 5.38. The first-order chi connectivity index (χ1) is 9.33. The van der Waals surface area contributed by atoms with Crippen molar-refractivity contribution in [2.24, 2.45) is 0 Å². The third-order valence-corrected chi connectivity index (χ3v) is 3.12. The standard InChI is InChI=1S/C15H23N3O2/c1-15(2,3)20-14(19)18-9-8-13(10-18)17-12-6-4-11(16)5-7-12/h4-7,13,17H,8-10,16H2,1-3H3/t13-/m1/s1. The Hall–Kier alpha value is -1.91. The predicted molar refractivity (Wildman–Crippen MR) is 80.7 cm³/mol. The summed E-state index contributed by atoms with van der Waals surface area (Å²) in [5, 5.41) is 3.41. The number of nitrogens with two attached hydrogens (primary N) is 1. The number of carbonyl (C=O) groups is 1. The molecule has 1 saturated heterocycles. The van der Waals surface area contributed by atoms with Gasteiger partial charge in [-0.3, -0.25) is 0 Å². The van der Waals surface area contributed by atoms with Crippen LogP contribution in [0.3, 0.4) is 0 Å². The highest BCUT2D eigenvalue weighted by atomic mass is 16.6. The maximum absolute atomic E-state index is 12.0. The number of nitrogen functional groups attached to an aromatic ring is 1. The van der Waals surface area contributed by atoms with E-state index in [0.29, 0.717) is 6.54 Å². The molecular formula is C15H23N3O2. The SMILES string of the molecule is CC(C)(C)OC(=O)N1CC[C@@H](Nc2ccc(N)cc2)C1. The zero-order valence-corrected chi connectivity index (χ0v) is 12.3. The highest BCUT2D eigenvalue weighted by Crippen LogP contribution is 2.19. The Bertz CT molecular complexity index is 465. The molecule has 0 aliphatic carbocycles. The van der Waals surface area contributed by atoms with Crippen molar-refractivity contribution >= 4 is 17.5 Å². The minimum absolute atomic E-state index is 0.237. The molecule has 0 unspecified atom stereocenters. The first-order valence-corrected chi connectivity index (χ1v) is 6.93. The molecule has 1 aliphatic rings. The van der Waals surface area contributed by atoms with Gasteiger partial charge in [0, 0.05) is 30.5 Å². The quantitative estimate of drug-likeness (QED) is 0.816. The number of hydrogen-bond donors (Lipinski definition) is 2. The predicted octanol–water partition coefficient (Wildman–Crippen LogP) is 2.69. The molecule has 1 amide bonds. The van der Waals surface area contributed by atoms with Gasteiger partial charge in [0.25, 0.3) is 0 Å². The van der Waals surface area contributed by atoms with Gasteiger partial charge >= 0.3 is 6.09 Å². The van der Waals surface area contributed by atoms with Crippen molar-refractivity contribution in [2.75, 3.05) is 24.1 Å². The molecular weight excluding hydrogens is 254 g/mol. The Balaban J connectivity index is 1.86. The van der Waals surface area contributed by atoms with Crippen LogP contribution in [0.5, 0.6) is 0 Å². The molecule has 1 fully saturated rings. The number of hydrogen-bond acceptors (Lipinski definition) is 4. The van der Waals surface area contributed by atoms with Crippen molar-refractivity contribution in [2.45, 2.75) is 38.8 Å². The van der Waals surface area contributed by atoms with Crippen molar-refractivity contribution < 1.29 is 9.53 Å². The summed E-state index contributed by atoms with van der Waals surface area (Å²) in [5.41, 5.74) is 6.98. The Morgan fingerprint density at radius 1 is 1.35 bits per heavy atom. The smallest absolute Gasteiger partial charge is 0.410 e. The van der Waals surface area contributed by atoms with E-state index in [2.05, 4.69) is 5.32 Å². The fourth-order valence-electron chi connectivity index (χ4n) is 2.19. The van der Waals surface area contributed by atoms with Gasteiger partial charge in [-0.05, 0) is 51.5 Å². The van der Waals surface area contributed by atoms with Crippen LogP contribution in [-0.4, -0.2) is 35.7 Å². The van der Waals surface area contributed by atoms with Gasteiger partial charge in [0.2, 0.25) is 0 Å². The van der Waals surface area contributed by atoms with Crippen LogP contribution in [0.2, 0.25) is 0 Å². The molecule has 1 aromatic rings. The van der Waals surface area contributed by atoms with Gasteiger partial charge in [0.1, 0.15) is 5.60 Å². The van der Waals surface area contributed by atoms with Crippen LogP contribution in [0.25, 0.3) is 0 Å². The summed E-state index contributed by atoms with van der Waals surface area (Å²) in [7, 11) is 0. The second kappa shape index (κ2) is 5.61. The number of carbonyl (C=O) groups excluding carboxylic acids is 1. The van der Waals surface area contributed by atoms with E-state index < -0.39 is 5.60 Å². The lowest BCUT2D eigenvalue weighted by Crippen LogP contribution is -2.36. The molecule has 3 N–H and O–H groups in total. The number of anilines is 2. The van der Waals surface area contributed by atoms with Gasteiger partial charge < -0.3 is 20.7 Å². The van der Waals surface area contributed by atoms with Crippen molar-refractivity contribution in [1.82, 2.24) is 4.90 Å². The van der Waals surface area contributed by atoms with E-state index in [-0.39, 0.29) is 12.1 Å². The van der Waals surface area contributed by atoms with E-state index in [1.54, 1.807) is 4.90 Å². The minimum atomic E-state index is -0.445. The highest BCUT2D eigenvalue weighted by Gasteiger charge is 2.29. The van der Waals surface area contributed by atoms with Crippen molar-refractivity contribution in [3.05, 3.63) is 24.3 Å². The number of likely N-dealkylation sites (tertiary alicyclic amines) is 1. The molecule has 5 nitrogen and oxygen atoms in total. The zero-order chi connectivity index (χ0) is 14.8. The zero-order valence-electron chi connectivity index (χ0n) is 12.3. The molecule has 0 bridgehead atoms. The van der Waals surface area contributed by atoms with Crippen molar-refractivity contribution in [3.63, 3.8) is 0 Å². The van der Waals surface area contributed by atoms with Crippen LogP contribution in [0.4, 0.5) is 16.2 Å². The largest absolute Gasteiger partial charge is 0.444 e. The Labute approximate surface area is 120 Å². The second-order valence-corrected chi connectivity index (χ2v) is 6.18. The molecule has 1 heterocycles. The Kier molecular flexibility index (Phi) is 4.06. The third kappa shape index (κ3) is 4.05. The first kappa shape index (κ1) is 14.5. The molecule has 0 saturated carbocycles. The van der Waals surface area contributed by atoms with Gasteiger partial charge in [-0.1, -0.05) is 0 Å². The van der Waals surface area contributed by atoms with Gasteiger partial charge in [0.05, 0.1) is 0 Å². The number of benzene rings is 1. The average Bonchev–Trinajstić information content (AvgIpc) is 2.79. The molecule has 0 spiro atoms. The molecule has 1 atom stereocenters. The normalized spacial score (nSPS) is 18.9. The number of nitrogens with zero attached hydrogens (tertiary/aromatic N) is 1. The molecule has 5 heteroatoms. The van der Waals surface area contributed by atoms with Crippen LogP contribution < -0.4 is 11.1 Å². The average molecular weight is 277 g/mol. The lowest BCUT2D eigenvalue weighted by Gasteiger charge is -2.24. The van der Waals surface area contributed by atoms with Crippen LogP contribution in [0, 0.1) is 0 Å². The lowest BCUT2D eigenvalue weighted by molar-refractivity contribution is 0.0293. The third-order valence-electron chi connectivity index (χ3n) is 3.12. The van der Waals surface area contributed by atoms with Gasteiger partial charge in [-0.2, -0.15) is 0 Å². The fourth-order valence-corrected chi connectivity index (χ4v) is 2.19. The summed E-state index contributed by atoms with van der Waals surface area (Å²) in [6, 6.07) is 7.88. The van der Waals surface area contributed by atoms with Crippen molar-refractivity contribution in [1.29, 1.82) is 0 Å². The molecule has 1 aromatic carbocycles. The summed E-state index contributed by atoms with van der Waals surface area (Å²) in [4.78, 5) is 13.7. The monoisotopic (exact) mass is 277 g/mol. The van der Waals surface area contributed by atoms with Crippen LogP contribution in [0.1, 0.15) is 27.2 Å². The van der Waals surface area contributed by atoms with E-state index in [0.717, 1.165) is 24.3 Å². The molecule has 20 heavy (non-hydrogen) atoms. The van der Waals surface area contributed by atoms with Gasteiger partial charge in [0.15, 0.2) is 0 Å². The van der Waals surface area contributed by atoms with Gasteiger partial charge in [-0.25, -0.2) is 4.79 Å². The summed E-state index contributed by atoms with van der Waals surface area (Å²) in [6.07, 6.45) is 0.683. The number of nitrogens with one attached hydrogen (secondary N) is 1. The van der Waals surface area contributed by atoms with E-state index in [1.165, 1.54) is 0 Å². The number of amides is 1. The van der Waals surface area contributed by atoms with E-state index >= 15 is 0 Å². The maximum atomic E-state index is 12.0. The van der Waals surface area contributed by atoms with Crippen LogP contribution >= 0.6 is 0 Å². The highest BCUT2D eigenvalue weighted by molar-refractivity contribution is 5.68. The number of ether oxygens (including phenoxy) is 1. The molecule has 0 radical (unpaired) electrons. The fraction of sp³-hybridized carbons (Fsp3) is 0.533. The minimum Gasteiger partial charge on any atom is -0.444 e. The van der Waals surface area contributed by atoms with Crippen LogP contribution in [-0.2, 0) is 4.74 Å². The van der Waals surface area contributed by atoms with E-state index in [4.69, 9.17) is 10.5 Å². The van der Waals surface area contributed by atoms with E-state index in [1.807, 2.05) is 45.0 Å². The molecule has 2 rings (SSSR count). The Morgan fingerprint density at radius 2 is 2.00 bits per heavy atom. The number of rotatable bonds is 2. The lowest BCUT2D eigenvalue weighted by atomic mass is 10.2. The van der Waals surface area contributed by atoms with Crippen molar-refractivity contribution in [3.8, 4) is 0 Å². The summed E-state index contributed by atoms with van der Waals surface area (Å²) in [5.74, 6) is 0. The summed E-state index contributed by atoms with van der Waals surface area (Å²) in [6.45, 7) is 7.03. The maximum Gasteiger partial charge on any atom is 0.410 e. The second-order valence-electron chi connectivity index (χ2n) is 6.18. The first-order valence-electron chi connectivity index (χ1n) is 6.93. The molecule has 0 aromatic heterocycles. The Morgan fingerprint density at radius 3 is 2.60 bits per heavy atom. The summed E-state index contributed by atoms with van der Waals surface area (Å²) >= 11 is 0. The topological polar surface area (TPSA) is 67.6 Å². The molecule has 110 valence electrons. The van der Waals surface area contributed by atoms with Crippen LogP contribution in [0.15, 0.2) is 24.3 Å². The molecule has 1 aliphatic heterocycles. The van der Waals surface area contributed by atoms with Gasteiger partial charge in [-0.15, -0.1) is 0 Å².